The molecule has 2 heterocycles. The van der Waals surface area contributed by atoms with E-state index < -0.39 is 0 Å². The molecule has 0 radical (unpaired) electrons. The molecule has 138 valence electrons. The molecule has 0 bridgehead atoms. The van der Waals surface area contributed by atoms with E-state index in [9.17, 15) is 9.59 Å². The lowest BCUT2D eigenvalue weighted by molar-refractivity contribution is -0.133. The fourth-order valence-electron chi connectivity index (χ4n) is 3.88. The Labute approximate surface area is 159 Å². The molecular weight excluding hydrogens is 344 g/mol. The van der Waals surface area contributed by atoms with E-state index in [4.69, 9.17) is 0 Å². The van der Waals surface area contributed by atoms with Crippen LogP contribution >= 0.6 is 11.3 Å². The standard InChI is InChI=1S/C21H26N2O2S/c1-13-11-19(15(3)26-13)14(2)22-21(25)12-20-18-8-6-5-7-17(18)9-10-23(20)16(4)24/h5-8,11,14,20H,9-10,12H2,1-4H3,(H,22,25). The third kappa shape index (κ3) is 3.83. The number of fused-ring (bicyclic) bond motifs is 1. The SMILES string of the molecule is CC(=O)N1CCc2ccccc2C1CC(=O)NC(C)c1cc(C)sc1C. The summed E-state index contributed by atoms with van der Waals surface area (Å²) in [5.74, 6) is 0.00311. The minimum Gasteiger partial charge on any atom is -0.349 e. The molecule has 2 atom stereocenters. The summed E-state index contributed by atoms with van der Waals surface area (Å²) in [6.07, 6.45) is 1.14. The second kappa shape index (κ2) is 7.62. The van der Waals surface area contributed by atoms with E-state index in [1.807, 2.05) is 30.0 Å². The molecule has 4 nitrogen and oxygen atoms in total. The van der Waals surface area contributed by atoms with Crippen molar-refractivity contribution in [3.63, 3.8) is 0 Å². The van der Waals surface area contributed by atoms with Crippen molar-refractivity contribution in [1.29, 1.82) is 0 Å². The zero-order valence-electron chi connectivity index (χ0n) is 15.8. The minimum absolute atomic E-state index is 0.0197. The van der Waals surface area contributed by atoms with Gasteiger partial charge in [0.1, 0.15) is 0 Å². The summed E-state index contributed by atoms with van der Waals surface area (Å²) < 4.78 is 0. The third-order valence-corrected chi connectivity index (χ3v) is 6.10. The molecule has 0 aliphatic carbocycles. The van der Waals surface area contributed by atoms with Gasteiger partial charge in [0.05, 0.1) is 18.5 Å². The van der Waals surface area contributed by atoms with E-state index in [1.165, 1.54) is 20.9 Å². The fraction of sp³-hybridized carbons (Fsp3) is 0.429. The van der Waals surface area contributed by atoms with Crippen LogP contribution in [0, 0.1) is 13.8 Å². The normalized spacial score (nSPS) is 17.5. The predicted molar refractivity (Wildman–Crippen MR) is 105 cm³/mol. The zero-order chi connectivity index (χ0) is 18.8. The van der Waals surface area contributed by atoms with Crippen molar-refractivity contribution in [3.05, 3.63) is 56.8 Å². The largest absolute Gasteiger partial charge is 0.349 e. The second-order valence-electron chi connectivity index (χ2n) is 7.04. The topological polar surface area (TPSA) is 49.4 Å². The van der Waals surface area contributed by atoms with Crippen molar-refractivity contribution in [2.45, 2.75) is 52.6 Å². The molecule has 1 aliphatic rings. The number of thiophene rings is 1. The second-order valence-corrected chi connectivity index (χ2v) is 8.50. The highest BCUT2D eigenvalue weighted by Gasteiger charge is 2.31. The fourth-order valence-corrected chi connectivity index (χ4v) is 4.91. The molecule has 1 N–H and O–H groups in total. The summed E-state index contributed by atoms with van der Waals surface area (Å²) in [7, 11) is 0. The molecule has 0 saturated carbocycles. The number of benzene rings is 1. The number of aryl methyl sites for hydroxylation is 2. The molecule has 2 amide bonds. The van der Waals surface area contributed by atoms with Gasteiger partial charge in [-0.15, -0.1) is 11.3 Å². The van der Waals surface area contributed by atoms with Crippen LogP contribution in [-0.4, -0.2) is 23.3 Å². The van der Waals surface area contributed by atoms with Gasteiger partial charge < -0.3 is 10.2 Å². The molecule has 2 aromatic rings. The van der Waals surface area contributed by atoms with E-state index >= 15 is 0 Å². The smallest absolute Gasteiger partial charge is 0.222 e. The first-order chi connectivity index (χ1) is 12.4. The number of hydrogen-bond donors (Lipinski definition) is 1. The summed E-state index contributed by atoms with van der Waals surface area (Å²) >= 11 is 1.75. The molecule has 3 rings (SSSR count). The lowest BCUT2D eigenvalue weighted by Gasteiger charge is -2.36. The Hall–Kier alpha value is -2.14. The Morgan fingerprint density at radius 3 is 2.69 bits per heavy atom. The van der Waals surface area contributed by atoms with E-state index in [0.29, 0.717) is 13.0 Å². The Morgan fingerprint density at radius 2 is 2.04 bits per heavy atom. The summed E-state index contributed by atoms with van der Waals surface area (Å²) in [4.78, 5) is 29.2. The van der Waals surface area contributed by atoms with Gasteiger partial charge >= 0.3 is 0 Å². The van der Waals surface area contributed by atoms with Crippen LogP contribution in [0.15, 0.2) is 30.3 Å². The van der Waals surface area contributed by atoms with Gasteiger partial charge in [-0.25, -0.2) is 0 Å². The Bertz CT molecular complexity index is 827. The average Bonchev–Trinajstić information content (AvgIpc) is 2.93. The predicted octanol–water partition coefficient (Wildman–Crippen LogP) is 4.08. The molecule has 1 aromatic heterocycles. The maximum absolute atomic E-state index is 12.7. The number of carbonyl (C=O) groups is 2. The van der Waals surface area contributed by atoms with Gasteiger partial charge in [0.15, 0.2) is 0 Å². The van der Waals surface area contributed by atoms with Crippen molar-refractivity contribution in [2.24, 2.45) is 0 Å². The number of nitrogens with zero attached hydrogens (tertiary/aromatic N) is 1. The molecule has 5 heteroatoms. The highest BCUT2D eigenvalue weighted by Crippen LogP contribution is 2.33. The van der Waals surface area contributed by atoms with Crippen LogP contribution in [0.4, 0.5) is 0 Å². The molecule has 0 spiro atoms. The number of rotatable bonds is 4. The summed E-state index contributed by atoms with van der Waals surface area (Å²) in [6.45, 7) is 8.44. The number of hydrogen-bond acceptors (Lipinski definition) is 3. The van der Waals surface area contributed by atoms with Gasteiger partial charge in [0, 0.05) is 23.2 Å². The monoisotopic (exact) mass is 370 g/mol. The van der Waals surface area contributed by atoms with Crippen molar-refractivity contribution < 1.29 is 9.59 Å². The average molecular weight is 371 g/mol. The molecule has 26 heavy (non-hydrogen) atoms. The van der Waals surface area contributed by atoms with Crippen LogP contribution in [0.1, 0.15) is 58.8 Å². The first-order valence-corrected chi connectivity index (χ1v) is 9.89. The highest BCUT2D eigenvalue weighted by atomic mass is 32.1. The van der Waals surface area contributed by atoms with Crippen molar-refractivity contribution in [3.8, 4) is 0 Å². The maximum Gasteiger partial charge on any atom is 0.222 e. The molecule has 1 aromatic carbocycles. The van der Waals surface area contributed by atoms with Crippen LogP contribution in [-0.2, 0) is 16.0 Å². The molecule has 0 saturated heterocycles. The third-order valence-electron chi connectivity index (χ3n) is 5.12. The van der Waals surface area contributed by atoms with Gasteiger partial charge in [-0.3, -0.25) is 9.59 Å². The highest BCUT2D eigenvalue weighted by molar-refractivity contribution is 7.12. The van der Waals surface area contributed by atoms with Crippen LogP contribution in [0.3, 0.4) is 0 Å². The Morgan fingerprint density at radius 1 is 1.31 bits per heavy atom. The lowest BCUT2D eigenvalue weighted by atomic mass is 9.90. The van der Waals surface area contributed by atoms with E-state index in [0.717, 1.165) is 12.0 Å². The molecule has 2 unspecified atom stereocenters. The summed E-state index contributed by atoms with van der Waals surface area (Å²) in [6, 6.07) is 10.1. The van der Waals surface area contributed by atoms with Crippen molar-refractivity contribution in [1.82, 2.24) is 10.2 Å². The lowest BCUT2D eigenvalue weighted by Crippen LogP contribution is -2.41. The van der Waals surface area contributed by atoms with Crippen molar-refractivity contribution >= 4 is 23.2 Å². The first kappa shape index (κ1) is 18.6. The van der Waals surface area contributed by atoms with Gasteiger partial charge in [-0.2, -0.15) is 0 Å². The van der Waals surface area contributed by atoms with Crippen LogP contribution < -0.4 is 5.32 Å². The van der Waals surface area contributed by atoms with Gasteiger partial charge in [0.25, 0.3) is 0 Å². The molecule has 0 fully saturated rings. The van der Waals surface area contributed by atoms with E-state index in [-0.39, 0.29) is 23.9 Å². The molecular formula is C21H26N2O2S. The van der Waals surface area contributed by atoms with Gasteiger partial charge in [-0.1, -0.05) is 24.3 Å². The van der Waals surface area contributed by atoms with E-state index in [2.05, 4.69) is 31.3 Å². The van der Waals surface area contributed by atoms with Crippen LogP contribution in [0.2, 0.25) is 0 Å². The number of amides is 2. The number of nitrogens with one attached hydrogen (secondary N) is 1. The minimum atomic E-state index is -0.185. The van der Waals surface area contributed by atoms with Gasteiger partial charge in [-0.05, 0) is 49.9 Å². The van der Waals surface area contributed by atoms with Crippen molar-refractivity contribution in [2.75, 3.05) is 6.54 Å². The van der Waals surface area contributed by atoms with Crippen LogP contribution in [0.25, 0.3) is 0 Å². The summed E-state index contributed by atoms with van der Waals surface area (Å²) in [5, 5.41) is 3.12. The van der Waals surface area contributed by atoms with Gasteiger partial charge in [0.2, 0.25) is 11.8 Å². The van der Waals surface area contributed by atoms with Crippen LogP contribution in [0.5, 0.6) is 0 Å². The zero-order valence-corrected chi connectivity index (χ0v) is 16.7. The summed E-state index contributed by atoms with van der Waals surface area (Å²) in [5.41, 5.74) is 3.51. The first-order valence-electron chi connectivity index (χ1n) is 9.08. The van der Waals surface area contributed by atoms with E-state index in [1.54, 1.807) is 18.3 Å². The molecule has 1 aliphatic heterocycles. The quantitative estimate of drug-likeness (QED) is 0.882. The Kier molecular flexibility index (Phi) is 5.47. The number of carbonyl (C=O) groups excluding carboxylic acids is 2. The maximum atomic E-state index is 12.7. The Balaban J connectivity index is 1.76.